The first-order valence-corrected chi connectivity index (χ1v) is 8.58. The van der Waals surface area contributed by atoms with Crippen molar-refractivity contribution < 1.29 is 4.79 Å². The van der Waals surface area contributed by atoms with Crippen molar-refractivity contribution in [2.24, 2.45) is 0 Å². The fourth-order valence-corrected chi connectivity index (χ4v) is 3.38. The molecule has 1 amide bonds. The van der Waals surface area contributed by atoms with Gasteiger partial charge in [-0.25, -0.2) is 0 Å². The molecule has 1 heterocycles. The largest absolute Gasteiger partial charge is 0.325 e. The van der Waals surface area contributed by atoms with Crippen LogP contribution in [0, 0.1) is 6.92 Å². The second kappa shape index (κ2) is 7.97. The van der Waals surface area contributed by atoms with E-state index in [2.05, 4.69) is 10.2 Å². The number of nitrogens with zero attached hydrogens (tertiary/aromatic N) is 1. The van der Waals surface area contributed by atoms with Crippen molar-refractivity contribution in [1.29, 1.82) is 0 Å². The van der Waals surface area contributed by atoms with Crippen molar-refractivity contribution in [1.82, 2.24) is 4.90 Å². The molecular formula is C16H18Cl2N2OS. The molecule has 0 aliphatic carbocycles. The predicted octanol–water partition coefficient (Wildman–Crippen LogP) is 4.82. The molecule has 0 spiro atoms. The average molecular weight is 357 g/mol. The van der Waals surface area contributed by atoms with Gasteiger partial charge in [-0.3, -0.25) is 9.69 Å². The Kier molecular flexibility index (Phi) is 6.26. The van der Waals surface area contributed by atoms with Gasteiger partial charge in [-0.2, -0.15) is 0 Å². The van der Waals surface area contributed by atoms with E-state index in [0.717, 1.165) is 33.6 Å². The van der Waals surface area contributed by atoms with E-state index < -0.39 is 0 Å². The van der Waals surface area contributed by atoms with Crippen LogP contribution in [0.2, 0.25) is 9.36 Å². The van der Waals surface area contributed by atoms with E-state index in [1.54, 1.807) is 11.3 Å². The smallest absolute Gasteiger partial charge is 0.238 e. The highest BCUT2D eigenvalue weighted by Gasteiger charge is 2.12. The maximum Gasteiger partial charge on any atom is 0.238 e. The fourth-order valence-electron chi connectivity index (χ4n) is 2.07. The molecule has 0 atom stereocenters. The van der Waals surface area contributed by atoms with Crippen LogP contribution in [0.1, 0.15) is 17.4 Å². The Morgan fingerprint density at radius 1 is 1.27 bits per heavy atom. The number of hydrogen-bond acceptors (Lipinski definition) is 3. The molecule has 1 aromatic heterocycles. The van der Waals surface area contributed by atoms with Crippen molar-refractivity contribution in [2.75, 3.05) is 18.4 Å². The third kappa shape index (κ3) is 4.71. The number of benzene rings is 1. The Bertz CT molecular complexity index is 657. The standard InChI is InChI=1S/C16H18Cl2N2OS/c1-3-20(9-12-7-8-15(18)22-12)10-16(21)19-14-6-4-5-13(17)11(14)2/h4-8H,3,9-10H2,1-2H3,(H,19,21). The number of anilines is 1. The first kappa shape index (κ1) is 17.3. The van der Waals surface area contributed by atoms with E-state index >= 15 is 0 Å². The van der Waals surface area contributed by atoms with Crippen LogP contribution in [0.25, 0.3) is 0 Å². The summed E-state index contributed by atoms with van der Waals surface area (Å²) < 4.78 is 0.769. The number of carbonyl (C=O) groups excluding carboxylic acids is 1. The second-order valence-electron chi connectivity index (χ2n) is 4.97. The number of halogens is 2. The summed E-state index contributed by atoms with van der Waals surface area (Å²) in [6.07, 6.45) is 0. The Balaban J connectivity index is 1.96. The third-order valence-corrected chi connectivity index (χ3v) is 4.99. The number of nitrogens with one attached hydrogen (secondary N) is 1. The molecule has 0 saturated carbocycles. The lowest BCUT2D eigenvalue weighted by Crippen LogP contribution is -2.32. The molecular weight excluding hydrogens is 339 g/mol. The highest BCUT2D eigenvalue weighted by atomic mass is 35.5. The van der Waals surface area contributed by atoms with E-state index in [4.69, 9.17) is 23.2 Å². The summed E-state index contributed by atoms with van der Waals surface area (Å²) in [5.74, 6) is -0.0464. The summed E-state index contributed by atoms with van der Waals surface area (Å²) in [6, 6.07) is 9.37. The number of carbonyl (C=O) groups is 1. The predicted molar refractivity (Wildman–Crippen MR) is 95.1 cm³/mol. The summed E-state index contributed by atoms with van der Waals surface area (Å²) in [4.78, 5) is 15.4. The number of thiophene rings is 1. The van der Waals surface area contributed by atoms with Gasteiger partial charge >= 0.3 is 0 Å². The van der Waals surface area contributed by atoms with Gasteiger partial charge in [-0.05, 0) is 43.3 Å². The Morgan fingerprint density at radius 3 is 2.68 bits per heavy atom. The average Bonchev–Trinajstić information content (AvgIpc) is 2.88. The molecule has 0 aliphatic rings. The van der Waals surface area contributed by atoms with Gasteiger partial charge in [0.2, 0.25) is 5.91 Å². The topological polar surface area (TPSA) is 32.3 Å². The van der Waals surface area contributed by atoms with Gasteiger partial charge in [0.1, 0.15) is 0 Å². The van der Waals surface area contributed by atoms with Gasteiger partial charge in [-0.1, -0.05) is 36.2 Å². The zero-order valence-corrected chi connectivity index (χ0v) is 14.9. The van der Waals surface area contributed by atoms with E-state index in [9.17, 15) is 4.79 Å². The Labute approximate surface area is 144 Å². The van der Waals surface area contributed by atoms with Crippen molar-refractivity contribution in [2.45, 2.75) is 20.4 Å². The van der Waals surface area contributed by atoms with Crippen LogP contribution in [0.3, 0.4) is 0 Å². The summed E-state index contributed by atoms with van der Waals surface area (Å²) in [5, 5.41) is 3.57. The molecule has 0 bridgehead atoms. The summed E-state index contributed by atoms with van der Waals surface area (Å²) in [7, 11) is 0. The molecule has 2 aromatic rings. The Morgan fingerprint density at radius 2 is 2.05 bits per heavy atom. The third-order valence-electron chi connectivity index (χ3n) is 3.36. The normalized spacial score (nSPS) is 11.0. The summed E-state index contributed by atoms with van der Waals surface area (Å²) in [6.45, 7) is 5.77. The molecule has 3 nitrogen and oxygen atoms in total. The zero-order chi connectivity index (χ0) is 16.1. The second-order valence-corrected chi connectivity index (χ2v) is 7.18. The van der Waals surface area contributed by atoms with Crippen LogP contribution >= 0.6 is 34.5 Å². The van der Waals surface area contributed by atoms with Gasteiger partial charge in [0.05, 0.1) is 10.9 Å². The molecule has 0 fully saturated rings. The van der Waals surface area contributed by atoms with Gasteiger partial charge in [0, 0.05) is 22.1 Å². The maximum absolute atomic E-state index is 12.2. The molecule has 0 aliphatic heterocycles. The minimum Gasteiger partial charge on any atom is -0.325 e. The first-order valence-electron chi connectivity index (χ1n) is 7.01. The zero-order valence-electron chi connectivity index (χ0n) is 12.5. The molecule has 0 radical (unpaired) electrons. The molecule has 1 aromatic carbocycles. The van der Waals surface area contributed by atoms with Gasteiger partial charge in [0.15, 0.2) is 0 Å². The quantitative estimate of drug-likeness (QED) is 0.804. The van der Waals surface area contributed by atoms with Gasteiger partial charge < -0.3 is 5.32 Å². The Hall–Kier alpha value is -1.07. The monoisotopic (exact) mass is 356 g/mol. The lowest BCUT2D eigenvalue weighted by molar-refractivity contribution is -0.117. The number of hydrogen-bond donors (Lipinski definition) is 1. The number of amides is 1. The van der Waals surface area contributed by atoms with Crippen LogP contribution in [-0.4, -0.2) is 23.9 Å². The van der Waals surface area contributed by atoms with E-state index in [1.807, 2.05) is 44.2 Å². The fraction of sp³-hybridized carbons (Fsp3) is 0.312. The van der Waals surface area contributed by atoms with Crippen molar-refractivity contribution >= 4 is 46.1 Å². The molecule has 0 unspecified atom stereocenters. The number of rotatable bonds is 6. The highest BCUT2D eigenvalue weighted by Crippen LogP contribution is 2.24. The van der Waals surface area contributed by atoms with Gasteiger partial charge in [0.25, 0.3) is 0 Å². The molecule has 22 heavy (non-hydrogen) atoms. The van der Waals surface area contributed by atoms with Crippen LogP contribution < -0.4 is 5.32 Å². The number of likely N-dealkylation sites (N-methyl/N-ethyl adjacent to an activating group) is 1. The molecule has 0 saturated heterocycles. The first-order chi connectivity index (χ1) is 10.5. The van der Waals surface area contributed by atoms with E-state index in [-0.39, 0.29) is 5.91 Å². The summed E-state index contributed by atoms with van der Waals surface area (Å²) >= 11 is 13.5. The molecule has 1 N–H and O–H groups in total. The maximum atomic E-state index is 12.2. The van der Waals surface area contributed by atoms with E-state index in [0.29, 0.717) is 11.6 Å². The SMILES string of the molecule is CCN(CC(=O)Nc1cccc(Cl)c1C)Cc1ccc(Cl)s1. The van der Waals surface area contributed by atoms with Crippen molar-refractivity contribution in [3.8, 4) is 0 Å². The lowest BCUT2D eigenvalue weighted by atomic mass is 10.2. The van der Waals surface area contributed by atoms with Crippen molar-refractivity contribution in [3.05, 3.63) is 50.1 Å². The van der Waals surface area contributed by atoms with Crippen LogP contribution in [0.4, 0.5) is 5.69 Å². The van der Waals surface area contributed by atoms with Gasteiger partial charge in [-0.15, -0.1) is 11.3 Å². The summed E-state index contributed by atoms with van der Waals surface area (Å²) in [5.41, 5.74) is 1.64. The minimum atomic E-state index is -0.0464. The van der Waals surface area contributed by atoms with Crippen LogP contribution in [-0.2, 0) is 11.3 Å². The van der Waals surface area contributed by atoms with Crippen LogP contribution in [0.5, 0.6) is 0 Å². The molecule has 6 heteroatoms. The highest BCUT2D eigenvalue weighted by molar-refractivity contribution is 7.16. The van der Waals surface area contributed by atoms with Crippen LogP contribution in [0.15, 0.2) is 30.3 Å². The van der Waals surface area contributed by atoms with E-state index in [1.165, 1.54) is 0 Å². The van der Waals surface area contributed by atoms with Crippen molar-refractivity contribution in [3.63, 3.8) is 0 Å². The minimum absolute atomic E-state index is 0.0464. The molecule has 118 valence electrons. The lowest BCUT2D eigenvalue weighted by Gasteiger charge is -2.19. The molecule has 2 rings (SSSR count).